The second-order valence-electron chi connectivity index (χ2n) is 7.19. The molecule has 1 atom stereocenters. The molecule has 8 heteroatoms. The molecule has 0 saturated carbocycles. The predicted octanol–water partition coefficient (Wildman–Crippen LogP) is 4.96. The number of hydrogen-bond donors (Lipinski definition) is 1. The standard InChI is InChI=1S/C21H24Cl2FN3O2/c1-14-9-18(24)3-4-19(14)20-5-6-25-7-8-27(20)29-21(28)26(2)13-15-10-16(22)12-17(23)11-15/h3-4,9-12,20,25H,5-8,13H2,1-2H3/t20-/m1/s1. The van der Waals surface area contributed by atoms with Crippen molar-refractivity contribution in [1.82, 2.24) is 15.3 Å². The van der Waals surface area contributed by atoms with Crippen molar-refractivity contribution in [2.24, 2.45) is 0 Å². The van der Waals surface area contributed by atoms with Gasteiger partial charge in [0, 0.05) is 36.7 Å². The van der Waals surface area contributed by atoms with Crippen molar-refractivity contribution in [3.05, 3.63) is 69.0 Å². The molecule has 156 valence electrons. The summed E-state index contributed by atoms with van der Waals surface area (Å²) in [5.41, 5.74) is 2.59. The summed E-state index contributed by atoms with van der Waals surface area (Å²) in [5.74, 6) is -0.276. The summed E-state index contributed by atoms with van der Waals surface area (Å²) in [6, 6.07) is 9.72. The highest BCUT2D eigenvalue weighted by Gasteiger charge is 2.28. The van der Waals surface area contributed by atoms with Crippen molar-refractivity contribution < 1.29 is 14.0 Å². The predicted molar refractivity (Wildman–Crippen MR) is 112 cm³/mol. The first-order valence-electron chi connectivity index (χ1n) is 9.45. The Morgan fingerprint density at radius 2 is 1.97 bits per heavy atom. The van der Waals surface area contributed by atoms with Gasteiger partial charge in [-0.3, -0.25) is 0 Å². The van der Waals surface area contributed by atoms with Crippen molar-refractivity contribution in [2.75, 3.05) is 26.7 Å². The molecule has 0 radical (unpaired) electrons. The molecule has 29 heavy (non-hydrogen) atoms. The molecule has 1 fully saturated rings. The molecule has 1 aliphatic rings. The Morgan fingerprint density at radius 1 is 1.24 bits per heavy atom. The van der Waals surface area contributed by atoms with Crippen molar-refractivity contribution in [1.29, 1.82) is 0 Å². The van der Waals surface area contributed by atoms with Crippen LogP contribution in [0.5, 0.6) is 0 Å². The smallest absolute Gasteiger partial charge is 0.350 e. The van der Waals surface area contributed by atoms with Gasteiger partial charge >= 0.3 is 6.09 Å². The largest absolute Gasteiger partial charge is 0.428 e. The first-order valence-corrected chi connectivity index (χ1v) is 10.2. The number of benzene rings is 2. The van der Waals surface area contributed by atoms with Gasteiger partial charge in [0.2, 0.25) is 0 Å². The molecular formula is C21H24Cl2FN3O2. The highest BCUT2D eigenvalue weighted by atomic mass is 35.5. The van der Waals surface area contributed by atoms with E-state index in [2.05, 4.69) is 5.32 Å². The van der Waals surface area contributed by atoms with Gasteiger partial charge in [0.1, 0.15) is 5.82 Å². The SMILES string of the molecule is Cc1cc(F)ccc1[C@H]1CCNCCN1OC(=O)N(C)Cc1cc(Cl)cc(Cl)c1. The molecule has 1 aliphatic heterocycles. The zero-order chi connectivity index (χ0) is 21.0. The van der Waals surface area contributed by atoms with Crippen LogP contribution in [0.15, 0.2) is 36.4 Å². The van der Waals surface area contributed by atoms with Gasteiger partial charge in [-0.05, 0) is 66.9 Å². The van der Waals surface area contributed by atoms with E-state index in [4.69, 9.17) is 28.0 Å². The van der Waals surface area contributed by atoms with E-state index in [1.165, 1.54) is 17.0 Å². The van der Waals surface area contributed by atoms with Gasteiger partial charge in [-0.2, -0.15) is 0 Å². The Balaban J connectivity index is 1.73. The van der Waals surface area contributed by atoms with E-state index < -0.39 is 6.09 Å². The summed E-state index contributed by atoms with van der Waals surface area (Å²) >= 11 is 12.1. The first kappa shape index (κ1) is 21.8. The van der Waals surface area contributed by atoms with E-state index >= 15 is 0 Å². The lowest BCUT2D eigenvalue weighted by Gasteiger charge is -2.30. The van der Waals surface area contributed by atoms with Crippen LogP contribution in [0, 0.1) is 12.7 Å². The Bertz CT molecular complexity index is 861. The average Bonchev–Trinajstić information content (AvgIpc) is 2.86. The van der Waals surface area contributed by atoms with Gasteiger partial charge in [0.15, 0.2) is 0 Å². The summed E-state index contributed by atoms with van der Waals surface area (Å²) < 4.78 is 13.5. The molecule has 1 N–H and O–H groups in total. The summed E-state index contributed by atoms with van der Waals surface area (Å²) in [6.45, 7) is 4.19. The van der Waals surface area contributed by atoms with Crippen molar-refractivity contribution in [3.8, 4) is 0 Å². The molecule has 2 aromatic carbocycles. The maximum atomic E-state index is 13.5. The molecular weight excluding hydrogens is 416 g/mol. The maximum Gasteiger partial charge on any atom is 0.428 e. The number of amides is 1. The second-order valence-corrected chi connectivity index (χ2v) is 8.06. The van der Waals surface area contributed by atoms with Gasteiger partial charge in [-0.15, -0.1) is 5.06 Å². The van der Waals surface area contributed by atoms with Crippen LogP contribution in [0.1, 0.15) is 29.2 Å². The minimum Gasteiger partial charge on any atom is -0.350 e. The quantitative estimate of drug-likeness (QED) is 0.730. The average molecular weight is 440 g/mol. The minimum atomic E-state index is -0.479. The maximum absolute atomic E-state index is 13.5. The van der Waals surface area contributed by atoms with Gasteiger partial charge in [-0.1, -0.05) is 29.3 Å². The van der Waals surface area contributed by atoms with E-state index in [-0.39, 0.29) is 11.9 Å². The molecule has 1 amide bonds. The molecule has 0 unspecified atom stereocenters. The van der Waals surface area contributed by atoms with E-state index in [1.807, 2.05) is 6.92 Å². The summed E-state index contributed by atoms with van der Waals surface area (Å²) in [4.78, 5) is 19.9. The van der Waals surface area contributed by atoms with Crippen LogP contribution in [-0.4, -0.2) is 42.7 Å². The fourth-order valence-corrected chi connectivity index (χ4v) is 4.07. The van der Waals surface area contributed by atoms with Crippen LogP contribution < -0.4 is 5.32 Å². The van der Waals surface area contributed by atoms with Crippen molar-refractivity contribution >= 4 is 29.3 Å². The van der Waals surface area contributed by atoms with Crippen LogP contribution in [0.25, 0.3) is 0 Å². The molecule has 2 aromatic rings. The van der Waals surface area contributed by atoms with Crippen LogP contribution in [-0.2, 0) is 11.4 Å². The number of hydroxylamine groups is 2. The van der Waals surface area contributed by atoms with Crippen LogP contribution >= 0.6 is 23.2 Å². The Kier molecular flexibility index (Phi) is 7.35. The molecule has 0 bridgehead atoms. The van der Waals surface area contributed by atoms with Gasteiger partial charge in [-0.25, -0.2) is 9.18 Å². The summed E-state index contributed by atoms with van der Waals surface area (Å²) in [5, 5.41) is 6.02. The fourth-order valence-electron chi connectivity index (χ4n) is 3.50. The lowest BCUT2D eigenvalue weighted by molar-refractivity contribution is -0.139. The summed E-state index contributed by atoms with van der Waals surface area (Å²) in [6.07, 6.45) is 0.264. The number of rotatable bonds is 4. The number of nitrogens with zero attached hydrogens (tertiary/aromatic N) is 2. The Morgan fingerprint density at radius 3 is 2.66 bits per heavy atom. The molecule has 0 spiro atoms. The van der Waals surface area contributed by atoms with Crippen LogP contribution in [0.4, 0.5) is 9.18 Å². The molecule has 0 aliphatic carbocycles. The molecule has 3 rings (SSSR count). The van der Waals surface area contributed by atoms with Crippen LogP contribution in [0.2, 0.25) is 10.0 Å². The topological polar surface area (TPSA) is 44.8 Å². The molecule has 5 nitrogen and oxygen atoms in total. The summed E-state index contributed by atoms with van der Waals surface area (Å²) in [7, 11) is 1.66. The lowest BCUT2D eigenvalue weighted by atomic mass is 9.98. The first-order chi connectivity index (χ1) is 13.8. The Labute approximate surface area is 180 Å². The van der Waals surface area contributed by atoms with Gasteiger partial charge in [0.25, 0.3) is 0 Å². The third kappa shape index (κ3) is 5.82. The van der Waals surface area contributed by atoms with E-state index in [0.29, 0.717) is 29.7 Å². The zero-order valence-electron chi connectivity index (χ0n) is 16.4. The number of nitrogens with one attached hydrogen (secondary N) is 1. The van der Waals surface area contributed by atoms with Crippen LogP contribution in [0.3, 0.4) is 0 Å². The van der Waals surface area contributed by atoms with Crippen molar-refractivity contribution in [2.45, 2.75) is 25.9 Å². The van der Waals surface area contributed by atoms with Gasteiger partial charge < -0.3 is 15.1 Å². The number of carbonyl (C=O) groups excluding carboxylic acids is 1. The van der Waals surface area contributed by atoms with Crippen molar-refractivity contribution in [3.63, 3.8) is 0 Å². The Hall–Kier alpha value is -1.86. The molecule has 1 saturated heterocycles. The third-order valence-corrected chi connectivity index (χ3v) is 5.33. The zero-order valence-corrected chi connectivity index (χ0v) is 17.9. The number of halogens is 3. The minimum absolute atomic E-state index is 0.149. The highest BCUT2D eigenvalue weighted by molar-refractivity contribution is 6.34. The van der Waals surface area contributed by atoms with Gasteiger partial charge in [0.05, 0.1) is 6.04 Å². The number of aryl methyl sites for hydroxylation is 1. The second kappa shape index (κ2) is 9.76. The third-order valence-electron chi connectivity index (χ3n) is 4.89. The number of hydrogen-bond acceptors (Lipinski definition) is 4. The lowest BCUT2D eigenvalue weighted by Crippen LogP contribution is -2.38. The van der Waals surface area contributed by atoms with E-state index in [1.54, 1.807) is 36.4 Å². The monoisotopic (exact) mass is 439 g/mol. The fraction of sp³-hybridized carbons (Fsp3) is 0.381. The van der Waals surface area contributed by atoms with E-state index in [0.717, 1.165) is 29.7 Å². The normalized spacial score (nSPS) is 17.6. The van der Waals surface area contributed by atoms with E-state index in [9.17, 15) is 9.18 Å². The highest BCUT2D eigenvalue weighted by Crippen LogP contribution is 2.29. The molecule has 0 aromatic heterocycles. The molecule has 1 heterocycles. The number of carbonyl (C=O) groups is 1.